The third-order valence-electron chi connectivity index (χ3n) is 5.39. The second-order valence-electron chi connectivity index (χ2n) is 6.81. The number of nitrogens with two attached hydrogens (primary N) is 1. The lowest BCUT2D eigenvalue weighted by atomic mass is 9.75. The number of nitrogens with zero attached hydrogens (tertiary/aromatic N) is 1. The van der Waals surface area contributed by atoms with E-state index in [2.05, 4.69) is 11.9 Å². The molecule has 0 spiro atoms. The average molecular weight is 336 g/mol. The van der Waals surface area contributed by atoms with E-state index in [0.29, 0.717) is 17.4 Å². The van der Waals surface area contributed by atoms with Gasteiger partial charge in [-0.3, -0.25) is 4.98 Å². The Kier molecular flexibility index (Phi) is 4.81. The summed E-state index contributed by atoms with van der Waals surface area (Å²) >= 11 is 0. The highest BCUT2D eigenvalue weighted by molar-refractivity contribution is 5.83. The molecule has 0 bridgehead atoms. The first-order valence-electron chi connectivity index (χ1n) is 8.61. The zero-order valence-electron chi connectivity index (χ0n) is 13.8. The predicted octanol–water partition coefficient (Wildman–Crippen LogP) is 5.26. The first-order chi connectivity index (χ1) is 11.4. The van der Waals surface area contributed by atoms with Crippen LogP contribution in [0, 0.1) is 5.92 Å². The molecule has 1 aromatic carbocycles. The SMILES string of the molecule is CCC(N)[C@H]1CC[C@@H](c2ccnc3cc(C(F)(F)F)ccc32)CC1. The lowest BCUT2D eigenvalue weighted by molar-refractivity contribution is -0.137. The van der Waals surface area contributed by atoms with E-state index in [1.165, 1.54) is 0 Å². The summed E-state index contributed by atoms with van der Waals surface area (Å²) in [6, 6.07) is 6.10. The van der Waals surface area contributed by atoms with Gasteiger partial charge in [0.1, 0.15) is 0 Å². The van der Waals surface area contributed by atoms with Crippen LogP contribution in [0.4, 0.5) is 13.2 Å². The number of hydrogen-bond acceptors (Lipinski definition) is 2. The number of alkyl halides is 3. The van der Waals surface area contributed by atoms with Crippen molar-refractivity contribution in [3.63, 3.8) is 0 Å². The summed E-state index contributed by atoms with van der Waals surface area (Å²) in [4.78, 5) is 4.15. The molecule has 0 saturated heterocycles. The van der Waals surface area contributed by atoms with Gasteiger partial charge < -0.3 is 5.73 Å². The minimum atomic E-state index is -4.33. The third kappa shape index (κ3) is 3.41. The molecule has 0 amide bonds. The van der Waals surface area contributed by atoms with Crippen molar-refractivity contribution in [2.24, 2.45) is 11.7 Å². The maximum Gasteiger partial charge on any atom is 0.416 e. The molecule has 1 atom stereocenters. The van der Waals surface area contributed by atoms with Crippen LogP contribution < -0.4 is 5.73 Å². The Morgan fingerprint density at radius 2 is 1.88 bits per heavy atom. The summed E-state index contributed by atoms with van der Waals surface area (Å²) in [5, 5.41) is 0.841. The minimum absolute atomic E-state index is 0.259. The van der Waals surface area contributed by atoms with Crippen molar-refractivity contribution < 1.29 is 13.2 Å². The molecule has 2 nitrogen and oxygen atoms in total. The van der Waals surface area contributed by atoms with E-state index < -0.39 is 11.7 Å². The summed E-state index contributed by atoms with van der Waals surface area (Å²) < 4.78 is 38.7. The third-order valence-corrected chi connectivity index (χ3v) is 5.39. The number of pyridine rings is 1. The molecule has 2 aromatic rings. The monoisotopic (exact) mass is 336 g/mol. The summed E-state index contributed by atoms with van der Waals surface area (Å²) in [5.74, 6) is 0.948. The van der Waals surface area contributed by atoms with Gasteiger partial charge in [0.15, 0.2) is 0 Å². The number of fused-ring (bicyclic) bond motifs is 1. The van der Waals surface area contributed by atoms with E-state index in [-0.39, 0.29) is 6.04 Å². The largest absolute Gasteiger partial charge is 0.416 e. The van der Waals surface area contributed by atoms with E-state index in [1.807, 2.05) is 6.07 Å². The maximum absolute atomic E-state index is 12.9. The van der Waals surface area contributed by atoms with E-state index in [0.717, 1.165) is 55.2 Å². The van der Waals surface area contributed by atoms with Crippen molar-refractivity contribution >= 4 is 10.9 Å². The number of benzene rings is 1. The number of rotatable bonds is 3. The molecule has 0 radical (unpaired) electrons. The summed E-state index contributed by atoms with van der Waals surface area (Å²) in [6.07, 6.45) is 2.54. The first-order valence-corrected chi connectivity index (χ1v) is 8.61. The smallest absolute Gasteiger partial charge is 0.327 e. The van der Waals surface area contributed by atoms with Crippen LogP contribution in [-0.2, 0) is 6.18 Å². The molecule has 1 fully saturated rings. The van der Waals surface area contributed by atoms with Gasteiger partial charge in [-0.15, -0.1) is 0 Å². The lowest BCUT2D eigenvalue weighted by Crippen LogP contribution is -2.32. The lowest BCUT2D eigenvalue weighted by Gasteiger charge is -2.32. The molecule has 130 valence electrons. The Balaban J connectivity index is 1.86. The van der Waals surface area contributed by atoms with E-state index in [4.69, 9.17) is 5.73 Å². The topological polar surface area (TPSA) is 38.9 Å². The zero-order chi connectivity index (χ0) is 17.3. The molecule has 1 aliphatic carbocycles. The van der Waals surface area contributed by atoms with Crippen molar-refractivity contribution in [1.29, 1.82) is 0 Å². The second-order valence-corrected chi connectivity index (χ2v) is 6.81. The van der Waals surface area contributed by atoms with Crippen LogP contribution >= 0.6 is 0 Å². The van der Waals surface area contributed by atoms with Gasteiger partial charge in [-0.2, -0.15) is 13.2 Å². The Labute approximate surface area is 140 Å². The number of halogens is 3. The molecule has 2 N–H and O–H groups in total. The average Bonchev–Trinajstić information content (AvgIpc) is 2.59. The van der Waals surface area contributed by atoms with E-state index in [1.54, 1.807) is 12.3 Å². The van der Waals surface area contributed by atoms with Gasteiger partial charge in [0.25, 0.3) is 0 Å². The van der Waals surface area contributed by atoms with Crippen LogP contribution in [0.3, 0.4) is 0 Å². The molecular weight excluding hydrogens is 313 g/mol. The fourth-order valence-electron chi connectivity index (χ4n) is 3.89. The fraction of sp³-hybridized carbons (Fsp3) is 0.526. The minimum Gasteiger partial charge on any atom is -0.327 e. The maximum atomic E-state index is 12.9. The van der Waals surface area contributed by atoms with Crippen molar-refractivity contribution in [1.82, 2.24) is 4.98 Å². The Hall–Kier alpha value is -1.62. The predicted molar refractivity (Wildman–Crippen MR) is 89.7 cm³/mol. The van der Waals surface area contributed by atoms with Gasteiger partial charge in [-0.25, -0.2) is 0 Å². The van der Waals surface area contributed by atoms with Crippen LogP contribution in [-0.4, -0.2) is 11.0 Å². The molecule has 1 saturated carbocycles. The summed E-state index contributed by atoms with van der Waals surface area (Å²) in [5.41, 5.74) is 7.07. The van der Waals surface area contributed by atoms with Crippen LogP contribution in [0.2, 0.25) is 0 Å². The molecule has 24 heavy (non-hydrogen) atoms. The van der Waals surface area contributed by atoms with Crippen molar-refractivity contribution in [3.8, 4) is 0 Å². The Morgan fingerprint density at radius 3 is 2.50 bits per heavy atom. The quantitative estimate of drug-likeness (QED) is 0.830. The second kappa shape index (κ2) is 6.71. The Morgan fingerprint density at radius 1 is 1.17 bits per heavy atom. The summed E-state index contributed by atoms with van der Waals surface area (Å²) in [7, 11) is 0. The van der Waals surface area contributed by atoms with Crippen LogP contribution in [0.1, 0.15) is 56.1 Å². The van der Waals surface area contributed by atoms with Gasteiger partial charge in [0.05, 0.1) is 11.1 Å². The molecular formula is C19H23F3N2. The van der Waals surface area contributed by atoms with Gasteiger partial charge in [-0.05, 0) is 67.7 Å². The van der Waals surface area contributed by atoms with Crippen LogP contribution in [0.15, 0.2) is 30.5 Å². The zero-order valence-corrected chi connectivity index (χ0v) is 13.8. The molecule has 3 rings (SSSR count). The molecule has 1 aromatic heterocycles. The highest BCUT2D eigenvalue weighted by Gasteiger charge is 2.31. The highest BCUT2D eigenvalue weighted by Crippen LogP contribution is 2.40. The van der Waals surface area contributed by atoms with Crippen LogP contribution in [0.5, 0.6) is 0 Å². The molecule has 1 aliphatic rings. The number of hydrogen-bond donors (Lipinski definition) is 1. The van der Waals surface area contributed by atoms with Crippen molar-refractivity contribution in [3.05, 3.63) is 41.6 Å². The van der Waals surface area contributed by atoms with Gasteiger partial charge in [0, 0.05) is 17.6 Å². The normalized spacial score (nSPS) is 23.4. The number of aromatic nitrogens is 1. The van der Waals surface area contributed by atoms with Gasteiger partial charge >= 0.3 is 6.18 Å². The van der Waals surface area contributed by atoms with Gasteiger partial charge in [-0.1, -0.05) is 13.0 Å². The van der Waals surface area contributed by atoms with Crippen LogP contribution in [0.25, 0.3) is 10.9 Å². The molecule has 5 heteroatoms. The van der Waals surface area contributed by atoms with E-state index in [9.17, 15) is 13.2 Å². The standard InChI is InChI=1S/C19H23F3N2/c1-2-17(23)13-5-3-12(4-6-13)15-9-10-24-18-11-14(19(20,21)22)7-8-16(15)18/h7-13,17H,2-6,23H2,1H3/t12-,13+,17?. The molecule has 1 unspecified atom stereocenters. The van der Waals surface area contributed by atoms with Gasteiger partial charge in [0.2, 0.25) is 0 Å². The first kappa shape index (κ1) is 17.2. The molecule has 1 heterocycles. The molecule has 0 aliphatic heterocycles. The van der Waals surface area contributed by atoms with E-state index >= 15 is 0 Å². The Bertz CT molecular complexity index is 703. The summed E-state index contributed by atoms with van der Waals surface area (Å²) in [6.45, 7) is 2.12. The van der Waals surface area contributed by atoms with Crippen molar-refractivity contribution in [2.45, 2.75) is 57.2 Å². The van der Waals surface area contributed by atoms with Crippen molar-refractivity contribution in [2.75, 3.05) is 0 Å². The highest BCUT2D eigenvalue weighted by atomic mass is 19.4. The fourth-order valence-corrected chi connectivity index (χ4v) is 3.89.